The van der Waals surface area contributed by atoms with Gasteiger partial charge in [-0.1, -0.05) is 18.2 Å². The van der Waals surface area contributed by atoms with Gasteiger partial charge in [0.1, 0.15) is 17.1 Å². The molecule has 2 N–H and O–H groups in total. The zero-order valence-electron chi connectivity index (χ0n) is 15.3. The second-order valence-electron chi connectivity index (χ2n) is 7.07. The van der Waals surface area contributed by atoms with Gasteiger partial charge in [-0.05, 0) is 31.0 Å². The Hall–Kier alpha value is -3.48. The number of hydrogen-bond donors (Lipinski definition) is 2. The van der Waals surface area contributed by atoms with E-state index in [1.807, 2.05) is 35.0 Å². The van der Waals surface area contributed by atoms with E-state index in [4.69, 9.17) is 5.10 Å². The highest BCUT2D eigenvalue weighted by Gasteiger charge is 2.28. The predicted molar refractivity (Wildman–Crippen MR) is 106 cm³/mol. The number of nitrogens with zero attached hydrogens (tertiary/aromatic N) is 4. The minimum atomic E-state index is -0.106. The van der Waals surface area contributed by atoms with Crippen LogP contribution >= 0.6 is 0 Å². The Morgan fingerprint density at radius 3 is 2.86 bits per heavy atom. The first-order valence-corrected chi connectivity index (χ1v) is 9.48. The molecule has 1 aromatic carbocycles. The number of amides is 1. The Labute approximate surface area is 161 Å². The predicted octanol–water partition coefficient (Wildman–Crippen LogP) is 3.13. The quantitative estimate of drug-likeness (QED) is 0.544. The molecule has 140 valence electrons. The third-order valence-electron chi connectivity index (χ3n) is 5.02. The molecule has 0 radical (unpaired) electrons. The summed E-state index contributed by atoms with van der Waals surface area (Å²) in [5.41, 5.74) is 4.34. The monoisotopic (exact) mass is 372 g/mol. The molecule has 7 heteroatoms. The Kier molecular flexibility index (Phi) is 4.12. The fourth-order valence-electron chi connectivity index (χ4n) is 3.44. The number of carbonyl (C=O) groups excluding carboxylic acids is 1. The molecule has 0 spiro atoms. The van der Waals surface area contributed by atoms with Crippen LogP contribution in [-0.4, -0.2) is 37.2 Å². The molecular weight excluding hydrogens is 352 g/mol. The Morgan fingerprint density at radius 1 is 1.18 bits per heavy atom. The lowest BCUT2D eigenvalue weighted by Crippen LogP contribution is -2.28. The van der Waals surface area contributed by atoms with Crippen molar-refractivity contribution in [3.05, 3.63) is 66.4 Å². The SMILES string of the molecule is O=C(NCCn1nc(-c2cnccn2)cc1C1CC1)c1cc2ccccc2[nH]1. The van der Waals surface area contributed by atoms with Crippen LogP contribution in [0.4, 0.5) is 0 Å². The van der Waals surface area contributed by atoms with Gasteiger partial charge in [0, 0.05) is 41.5 Å². The molecule has 28 heavy (non-hydrogen) atoms. The van der Waals surface area contributed by atoms with Crippen LogP contribution < -0.4 is 5.32 Å². The number of fused-ring (bicyclic) bond motifs is 1. The van der Waals surface area contributed by atoms with Gasteiger partial charge in [0.15, 0.2) is 0 Å². The van der Waals surface area contributed by atoms with Gasteiger partial charge in [-0.2, -0.15) is 5.10 Å². The van der Waals surface area contributed by atoms with Crippen molar-refractivity contribution in [1.29, 1.82) is 0 Å². The fraction of sp³-hybridized carbons (Fsp3) is 0.238. The van der Waals surface area contributed by atoms with E-state index in [1.54, 1.807) is 18.6 Å². The maximum atomic E-state index is 12.5. The third kappa shape index (κ3) is 3.26. The second kappa shape index (κ2) is 6.92. The van der Waals surface area contributed by atoms with Crippen molar-refractivity contribution in [3.63, 3.8) is 0 Å². The van der Waals surface area contributed by atoms with Gasteiger partial charge in [0.05, 0.1) is 12.7 Å². The number of para-hydroxylation sites is 1. The number of hydrogen-bond acceptors (Lipinski definition) is 4. The van der Waals surface area contributed by atoms with Crippen molar-refractivity contribution in [2.75, 3.05) is 6.54 Å². The molecule has 0 bridgehead atoms. The van der Waals surface area contributed by atoms with Crippen LogP contribution in [0.2, 0.25) is 0 Å². The lowest BCUT2D eigenvalue weighted by Gasteiger charge is -2.07. The van der Waals surface area contributed by atoms with Crippen LogP contribution in [-0.2, 0) is 6.54 Å². The standard InChI is InChI=1S/C21H20N6O/c28-21(18-11-15-3-1-2-4-16(15)25-18)24-9-10-27-20(14-5-6-14)12-17(26-27)19-13-22-7-8-23-19/h1-4,7-8,11-14,25H,5-6,9-10H2,(H,24,28). The highest BCUT2D eigenvalue weighted by Crippen LogP contribution is 2.41. The maximum Gasteiger partial charge on any atom is 0.267 e. The number of benzene rings is 1. The average Bonchev–Trinajstić information content (AvgIpc) is 3.34. The molecule has 1 aliphatic rings. The van der Waals surface area contributed by atoms with E-state index < -0.39 is 0 Å². The molecule has 0 saturated heterocycles. The number of aromatic nitrogens is 5. The molecule has 4 aromatic rings. The lowest BCUT2D eigenvalue weighted by molar-refractivity contribution is 0.0947. The Bertz CT molecular complexity index is 1090. The van der Waals surface area contributed by atoms with Gasteiger partial charge in [0.2, 0.25) is 0 Å². The first kappa shape index (κ1) is 16.7. The number of rotatable bonds is 6. The highest BCUT2D eigenvalue weighted by molar-refractivity contribution is 5.97. The highest BCUT2D eigenvalue weighted by atomic mass is 16.1. The van der Waals surface area contributed by atoms with Crippen molar-refractivity contribution in [1.82, 2.24) is 30.0 Å². The summed E-state index contributed by atoms with van der Waals surface area (Å²) in [7, 11) is 0. The molecule has 3 aromatic heterocycles. The molecule has 3 heterocycles. The van der Waals surface area contributed by atoms with Crippen molar-refractivity contribution in [2.45, 2.75) is 25.3 Å². The fourth-order valence-corrected chi connectivity index (χ4v) is 3.44. The second-order valence-corrected chi connectivity index (χ2v) is 7.07. The summed E-state index contributed by atoms with van der Waals surface area (Å²) in [6.07, 6.45) is 7.43. The van der Waals surface area contributed by atoms with Crippen LogP contribution in [0.3, 0.4) is 0 Å². The summed E-state index contributed by atoms with van der Waals surface area (Å²) in [6, 6.07) is 11.8. The lowest BCUT2D eigenvalue weighted by atomic mass is 10.2. The summed E-state index contributed by atoms with van der Waals surface area (Å²) < 4.78 is 1.99. The molecule has 5 rings (SSSR count). The molecule has 0 aliphatic heterocycles. The Morgan fingerprint density at radius 2 is 2.07 bits per heavy atom. The normalized spacial score (nSPS) is 13.7. The van der Waals surface area contributed by atoms with Gasteiger partial charge in [-0.15, -0.1) is 0 Å². The van der Waals surface area contributed by atoms with E-state index in [-0.39, 0.29) is 5.91 Å². The van der Waals surface area contributed by atoms with Gasteiger partial charge < -0.3 is 10.3 Å². The van der Waals surface area contributed by atoms with E-state index in [9.17, 15) is 4.79 Å². The van der Waals surface area contributed by atoms with Crippen molar-refractivity contribution in [2.24, 2.45) is 0 Å². The van der Waals surface area contributed by atoms with E-state index in [0.29, 0.717) is 24.7 Å². The minimum absolute atomic E-state index is 0.106. The number of carbonyl (C=O) groups is 1. The topological polar surface area (TPSA) is 88.5 Å². The van der Waals surface area contributed by atoms with Crippen molar-refractivity contribution in [3.8, 4) is 11.4 Å². The minimum Gasteiger partial charge on any atom is -0.351 e. The van der Waals surface area contributed by atoms with E-state index in [1.165, 1.54) is 18.5 Å². The van der Waals surface area contributed by atoms with E-state index in [0.717, 1.165) is 22.3 Å². The largest absolute Gasteiger partial charge is 0.351 e. The molecule has 0 atom stereocenters. The number of nitrogens with one attached hydrogen (secondary N) is 2. The third-order valence-corrected chi connectivity index (χ3v) is 5.02. The van der Waals surface area contributed by atoms with Crippen LogP contribution in [0.5, 0.6) is 0 Å². The molecule has 1 saturated carbocycles. The van der Waals surface area contributed by atoms with Gasteiger partial charge >= 0.3 is 0 Å². The number of aromatic amines is 1. The number of H-pyrrole nitrogens is 1. The van der Waals surface area contributed by atoms with Crippen molar-refractivity contribution < 1.29 is 4.79 Å². The molecule has 1 amide bonds. The molecule has 1 fully saturated rings. The van der Waals surface area contributed by atoms with Crippen LogP contribution in [0.1, 0.15) is 34.9 Å². The summed E-state index contributed by atoms with van der Waals surface area (Å²) in [5, 5.41) is 8.72. The molecule has 7 nitrogen and oxygen atoms in total. The summed E-state index contributed by atoms with van der Waals surface area (Å²) in [6.45, 7) is 1.13. The zero-order valence-corrected chi connectivity index (χ0v) is 15.3. The van der Waals surface area contributed by atoms with Crippen LogP contribution in [0.25, 0.3) is 22.3 Å². The first-order chi connectivity index (χ1) is 13.8. The Balaban J connectivity index is 1.28. The zero-order chi connectivity index (χ0) is 18.9. The first-order valence-electron chi connectivity index (χ1n) is 9.48. The van der Waals surface area contributed by atoms with Gasteiger partial charge in [-0.3, -0.25) is 19.4 Å². The molecule has 0 unspecified atom stereocenters. The molecular formula is C21H20N6O. The van der Waals surface area contributed by atoms with E-state index >= 15 is 0 Å². The summed E-state index contributed by atoms with van der Waals surface area (Å²) in [4.78, 5) is 24.1. The van der Waals surface area contributed by atoms with Crippen molar-refractivity contribution >= 4 is 16.8 Å². The summed E-state index contributed by atoms with van der Waals surface area (Å²) in [5.74, 6) is 0.452. The molecule has 1 aliphatic carbocycles. The van der Waals surface area contributed by atoms with Crippen LogP contribution in [0, 0.1) is 0 Å². The van der Waals surface area contributed by atoms with Crippen LogP contribution in [0.15, 0.2) is 55.0 Å². The average molecular weight is 372 g/mol. The summed E-state index contributed by atoms with van der Waals surface area (Å²) >= 11 is 0. The maximum absolute atomic E-state index is 12.5. The van der Waals surface area contributed by atoms with Gasteiger partial charge in [-0.25, -0.2) is 0 Å². The van der Waals surface area contributed by atoms with Gasteiger partial charge in [0.25, 0.3) is 5.91 Å². The smallest absolute Gasteiger partial charge is 0.267 e. The van der Waals surface area contributed by atoms with E-state index in [2.05, 4.69) is 26.3 Å².